The van der Waals surface area contributed by atoms with Crippen LogP contribution in [0.5, 0.6) is 5.75 Å². The minimum absolute atomic E-state index is 0.0108. The Balaban J connectivity index is 2.05. The first-order valence-corrected chi connectivity index (χ1v) is 7.48. The fraction of sp³-hybridized carbons (Fsp3) is 0.625. The van der Waals surface area contributed by atoms with Crippen LogP contribution in [0.1, 0.15) is 12.0 Å². The number of benzene rings is 1. The van der Waals surface area contributed by atoms with E-state index in [1.165, 1.54) is 13.2 Å². The lowest BCUT2D eigenvalue weighted by Gasteiger charge is -2.32. The lowest BCUT2D eigenvalue weighted by Crippen LogP contribution is -2.51. The Labute approximate surface area is 126 Å². The van der Waals surface area contributed by atoms with Gasteiger partial charge >= 0.3 is 0 Å². The number of likely N-dealkylation sites (N-methyl/N-ethyl adjacent to an activating group) is 2. The molecule has 0 saturated carbocycles. The molecule has 2 atom stereocenters. The number of ether oxygens (including phenoxy) is 1. The van der Waals surface area contributed by atoms with Crippen LogP contribution in [-0.4, -0.2) is 62.7 Å². The van der Waals surface area contributed by atoms with E-state index in [0.717, 1.165) is 31.6 Å². The Morgan fingerprint density at radius 3 is 2.81 bits per heavy atom. The molecule has 0 bridgehead atoms. The quantitative estimate of drug-likeness (QED) is 0.910. The van der Waals surface area contributed by atoms with Crippen molar-refractivity contribution >= 4 is 0 Å². The molecule has 2 unspecified atom stereocenters. The van der Waals surface area contributed by atoms with E-state index in [-0.39, 0.29) is 17.6 Å². The van der Waals surface area contributed by atoms with Crippen molar-refractivity contribution in [3.8, 4) is 5.75 Å². The molecule has 21 heavy (non-hydrogen) atoms. The molecule has 5 heteroatoms. The van der Waals surface area contributed by atoms with Gasteiger partial charge < -0.3 is 20.3 Å². The van der Waals surface area contributed by atoms with E-state index in [2.05, 4.69) is 23.9 Å². The molecule has 1 aromatic carbocycles. The van der Waals surface area contributed by atoms with Crippen LogP contribution < -0.4 is 10.5 Å². The summed E-state index contributed by atoms with van der Waals surface area (Å²) in [7, 11) is 5.73. The van der Waals surface area contributed by atoms with Crippen LogP contribution in [-0.2, 0) is 6.42 Å². The number of hydrogen-bond donors (Lipinski definition) is 1. The van der Waals surface area contributed by atoms with Gasteiger partial charge in [0, 0.05) is 18.6 Å². The predicted molar refractivity (Wildman–Crippen MR) is 83.2 cm³/mol. The second-order valence-corrected chi connectivity index (χ2v) is 6.00. The molecule has 1 aromatic rings. The van der Waals surface area contributed by atoms with Crippen molar-refractivity contribution in [1.29, 1.82) is 0 Å². The molecule has 1 saturated heterocycles. The number of halogens is 1. The highest BCUT2D eigenvalue weighted by molar-refractivity contribution is 5.29. The normalized spacial score (nSPS) is 22.8. The van der Waals surface area contributed by atoms with Crippen molar-refractivity contribution in [2.75, 3.05) is 40.8 Å². The van der Waals surface area contributed by atoms with Crippen molar-refractivity contribution in [2.24, 2.45) is 5.73 Å². The number of methoxy groups -OCH3 is 1. The maximum absolute atomic E-state index is 13.8. The van der Waals surface area contributed by atoms with Gasteiger partial charge in [-0.1, -0.05) is 6.07 Å². The van der Waals surface area contributed by atoms with Gasteiger partial charge in [-0.15, -0.1) is 0 Å². The van der Waals surface area contributed by atoms with Gasteiger partial charge in [0.05, 0.1) is 7.11 Å². The van der Waals surface area contributed by atoms with Crippen LogP contribution in [0.3, 0.4) is 0 Å². The highest BCUT2D eigenvalue weighted by Crippen LogP contribution is 2.20. The topological polar surface area (TPSA) is 41.7 Å². The maximum atomic E-state index is 13.8. The third-order valence-electron chi connectivity index (χ3n) is 4.30. The number of rotatable bonds is 4. The van der Waals surface area contributed by atoms with Gasteiger partial charge in [-0.05, 0) is 57.7 Å². The monoisotopic (exact) mass is 295 g/mol. The van der Waals surface area contributed by atoms with Crippen molar-refractivity contribution in [1.82, 2.24) is 9.80 Å². The SMILES string of the molecule is COc1ccc(CC(N)C2CN(C)CCCN2C)cc1F. The van der Waals surface area contributed by atoms with Gasteiger partial charge in [-0.25, -0.2) is 4.39 Å². The summed E-state index contributed by atoms with van der Waals surface area (Å²) in [5, 5.41) is 0. The Kier molecular flexibility index (Phi) is 5.56. The van der Waals surface area contributed by atoms with Gasteiger partial charge in [0.2, 0.25) is 0 Å². The van der Waals surface area contributed by atoms with Gasteiger partial charge in [0.25, 0.3) is 0 Å². The molecule has 0 aromatic heterocycles. The highest BCUT2D eigenvalue weighted by Gasteiger charge is 2.26. The molecule has 1 aliphatic rings. The third-order valence-corrected chi connectivity index (χ3v) is 4.30. The summed E-state index contributed by atoms with van der Waals surface area (Å²) in [6.07, 6.45) is 1.83. The summed E-state index contributed by atoms with van der Waals surface area (Å²) in [5.74, 6) is -0.0489. The van der Waals surface area contributed by atoms with Crippen LogP contribution in [0.25, 0.3) is 0 Å². The smallest absolute Gasteiger partial charge is 0.165 e. The third kappa shape index (κ3) is 4.15. The Morgan fingerprint density at radius 1 is 1.38 bits per heavy atom. The molecule has 1 aliphatic heterocycles. The average molecular weight is 295 g/mol. The lowest BCUT2D eigenvalue weighted by molar-refractivity contribution is 0.195. The van der Waals surface area contributed by atoms with E-state index in [9.17, 15) is 4.39 Å². The van der Waals surface area contributed by atoms with Crippen molar-refractivity contribution in [2.45, 2.75) is 24.9 Å². The van der Waals surface area contributed by atoms with Crippen molar-refractivity contribution < 1.29 is 9.13 Å². The van der Waals surface area contributed by atoms with Crippen LogP contribution in [0, 0.1) is 5.82 Å². The first-order valence-electron chi connectivity index (χ1n) is 7.48. The summed E-state index contributed by atoms with van der Waals surface area (Å²) in [5.41, 5.74) is 7.32. The van der Waals surface area contributed by atoms with Crippen LogP contribution >= 0.6 is 0 Å². The molecule has 118 valence electrons. The zero-order chi connectivity index (χ0) is 15.4. The van der Waals surface area contributed by atoms with Gasteiger partial charge in [-0.3, -0.25) is 0 Å². The number of hydrogen-bond acceptors (Lipinski definition) is 4. The lowest BCUT2D eigenvalue weighted by atomic mass is 9.98. The second kappa shape index (κ2) is 7.20. The van der Waals surface area contributed by atoms with Gasteiger partial charge in [0.15, 0.2) is 11.6 Å². The Hall–Kier alpha value is -1.17. The Bertz CT molecular complexity index is 469. The molecule has 4 nitrogen and oxygen atoms in total. The molecular weight excluding hydrogens is 269 g/mol. The molecule has 1 heterocycles. The van der Waals surface area contributed by atoms with Crippen LogP contribution in [0.4, 0.5) is 4.39 Å². The maximum Gasteiger partial charge on any atom is 0.165 e. The van der Waals surface area contributed by atoms with E-state index >= 15 is 0 Å². The molecule has 0 radical (unpaired) electrons. The summed E-state index contributed by atoms with van der Waals surface area (Å²) in [6, 6.07) is 5.37. The molecule has 2 rings (SSSR count). The first-order chi connectivity index (χ1) is 10.0. The largest absolute Gasteiger partial charge is 0.494 e. The minimum atomic E-state index is -0.325. The zero-order valence-corrected chi connectivity index (χ0v) is 13.2. The molecular formula is C16H26FN3O. The molecule has 0 amide bonds. The van der Waals surface area contributed by atoms with E-state index in [4.69, 9.17) is 10.5 Å². The van der Waals surface area contributed by atoms with Gasteiger partial charge in [0.1, 0.15) is 0 Å². The summed E-state index contributed by atoms with van der Waals surface area (Å²) >= 11 is 0. The number of nitrogens with zero attached hydrogens (tertiary/aromatic N) is 2. The summed E-state index contributed by atoms with van der Waals surface area (Å²) in [4.78, 5) is 4.65. The fourth-order valence-electron chi connectivity index (χ4n) is 3.01. The van der Waals surface area contributed by atoms with E-state index in [1.54, 1.807) is 6.07 Å². The predicted octanol–water partition coefficient (Wildman–Crippen LogP) is 1.34. The Morgan fingerprint density at radius 2 is 2.14 bits per heavy atom. The van der Waals surface area contributed by atoms with Crippen LogP contribution in [0.15, 0.2) is 18.2 Å². The van der Waals surface area contributed by atoms with Crippen molar-refractivity contribution in [3.05, 3.63) is 29.6 Å². The first kappa shape index (κ1) is 16.2. The number of nitrogens with two attached hydrogens (primary N) is 1. The summed E-state index contributed by atoms with van der Waals surface area (Å²) in [6.45, 7) is 3.11. The second-order valence-electron chi connectivity index (χ2n) is 6.00. The zero-order valence-electron chi connectivity index (χ0n) is 13.2. The molecule has 0 spiro atoms. The highest BCUT2D eigenvalue weighted by atomic mass is 19.1. The fourth-order valence-corrected chi connectivity index (χ4v) is 3.01. The minimum Gasteiger partial charge on any atom is -0.494 e. The van der Waals surface area contributed by atoms with E-state index in [1.807, 2.05) is 6.07 Å². The molecule has 0 aliphatic carbocycles. The molecule has 1 fully saturated rings. The summed E-state index contributed by atoms with van der Waals surface area (Å²) < 4.78 is 18.7. The van der Waals surface area contributed by atoms with Gasteiger partial charge in [-0.2, -0.15) is 0 Å². The van der Waals surface area contributed by atoms with E-state index < -0.39 is 0 Å². The standard InChI is InChI=1S/C16H26FN3O/c1-19-7-4-8-20(2)15(11-19)14(18)10-12-5-6-16(21-3)13(17)9-12/h5-6,9,14-15H,4,7-8,10-11,18H2,1-3H3. The van der Waals surface area contributed by atoms with E-state index in [0.29, 0.717) is 12.5 Å². The van der Waals surface area contributed by atoms with Crippen molar-refractivity contribution in [3.63, 3.8) is 0 Å². The van der Waals surface area contributed by atoms with Crippen LogP contribution in [0.2, 0.25) is 0 Å². The average Bonchev–Trinajstić information content (AvgIpc) is 2.60. The molecule has 2 N–H and O–H groups in total.